The number of nitrogens with zero attached hydrogens (tertiary/aromatic N) is 3. The van der Waals surface area contributed by atoms with E-state index < -0.39 is 0 Å². The zero-order valence-electron chi connectivity index (χ0n) is 16.3. The molecule has 0 amide bonds. The highest BCUT2D eigenvalue weighted by molar-refractivity contribution is 14.0. The normalized spacial score (nSPS) is 11.2. The van der Waals surface area contributed by atoms with Crippen molar-refractivity contribution >= 4 is 40.7 Å². The first-order valence-electron chi connectivity index (χ1n) is 8.69. The molecule has 27 heavy (non-hydrogen) atoms. The van der Waals surface area contributed by atoms with Gasteiger partial charge in [-0.3, -0.25) is 4.99 Å². The number of halogens is 1. The average Bonchev–Trinajstić information content (AvgIpc) is 3.06. The van der Waals surface area contributed by atoms with Crippen molar-refractivity contribution in [2.45, 2.75) is 13.1 Å². The fraction of sp³-hybridized carbons (Fsp3) is 0.286. The lowest BCUT2D eigenvalue weighted by molar-refractivity contribution is 0.415. The van der Waals surface area contributed by atoms with Crippen molar-refractivity contribution in [3.63, 3.8) is 0 Å². The standard InChI is InChI=1S/C21H26N4O.HI/c1-22-21(25(3)15-19-6-5-11-24(19)2)23-14-16-7-8-18-13-20(26-4)10-9-17(18)12-16;/h5-13H,14-15H2,1-4H3,(H,22,23);1H. The molecule has 1 heterocycles. The largest absolute Gasteiger partial charge is 0.497 e. The molecule has 0 radical (unpaired) electrons. The van der Waals surface area contributed by atoms with E-state index in [4.69, 9.17) is 4.74 Å². The molecule has 0 saturated carbocycles. The Hall–Kier alpha value is -2.22. The Balaban J connectivity index is 0.00000261. The van der Waals surface area contributed by atoms with Gasteiger partial charge < -0.3 is 19.5 Å². The first-order chi connectivity index (χ1) is 12.6. The van der Waals surface area contributed by atoms with Crippen LogP contribution in [0.3, 0.4) is 0 Å². The molecule has 0 saturated heterocycles. The van der Waals surface area contributed by atoms with Crippen LogP contribution in [0.2, 0.25) is 0 Å². The molecule has 1 aromatic heterocycles. The monoisotopic (exact) mass is 478 g/mol. The lowest BCUT2D eigenvalue weighted by Gasteiger charge is -2.22. The number of aliphatic imine (C=N–C) groups is 1. The van der Waals surface area contributed by atoms with Gasteiger partial charge in [-0.05, 0) is 46.7 Å². The third-order valence-electron chi connectivity index (χ3n) is 4.59. The molecule has 6 heteroatoms. The number of hydrogen-bond acceptors (Lipinski definition) is 2. The second kappa shape index (κ2) is 9.64. The summed E-state index contributed by atoms with van der Waals surface area (Å²) in [5.41, 5.74) is 2.46. The van der Waals surface area contributed by atoms with Crippen molar-refractivity contribution < 1.29 is 4.74 Å². The third-order valence-corrected chi connectivity index (χ3v) is 4.59. The maximum atomic E-state index is 5.29. The van der Waals surface area contributed by atoms with E-state index in [0.29, 0.717) is 0 Å². The summed E-state index contributed by atoms with van der Waals surface area (Å²) < 4.78 is 7.41. The molecule has 0 aliphatic heterocycles. The van der Waals surface area contributed by atoms with E-state index in [0.717, 1.165) is 24.8 Å². The molecule has 0 atom stereocenters. The number of aromatic nitrogens is 1. The zero-order valence-corrected chi connectivity index (χ0v) is 18.6. The van der Waals surface area contributed by atoms with Crippen LogP contribution in [0.25, 0.3) is 10.8 Å². The minimum absolute atomic E-state index is 0. The molecule has 144 valence electrons. The van der Waals surface area contributed by atoms with E-state index in [1.54, 1.807) is 7.11 Å². The summed E-state index contributed by atoms with van der Waals surface area (Å²) in [6.45, 7) is 1.53. The average molecular weight is 478 g/mol. The van der Waals surface area contributed by atoms with Gasteiger partial charge in [0, 0.05) is 39.6 Å². The molecule has 3 rings (SSSR count). The summed E-state index contributed by atoms with van der Waals surface area (Å²) in [7, 11) is 7.62. The number of rotatable bonds is 5. The maximum Gasteiger partial charge on any atom is 0.194 e. The lowest BCUT2D eigenvalue weighted by Crippen LogP contribution is -2.38. The van der Waals surface area contributed by atoms with E-state index in [1.165, 1.54) is 22.0 Å². The van der Waals surface area contributed by atoms with Crippen LogP contribution >= 0.6 is 24.0 Å². The van der Waals surface area contributed by atoms with Crippen LogP contribution < -0.4 is 10.1 Å². The second-order valence-corrected chi connectivity index (χ2v) is 6.41. The van der Waals surface area contributed by atoms with Crippen LogP contribution in [0.1, 0.15) is 11.3 Å². The summed E-state index contributed by atoms with van der Waals surface area (Å²) in [6, 6.07) is 16.8. The number of benzene rings is 2. The fourth-order valence-corrected chi connectivity index (χ4v) is 3.05. The molecular formula is C21H27IN4O. The molecule has 0 spiro atoms. The molecule has 0 aliphatic rings. The Bertz CT molecular complexity index is 919. The van der Waals surface area contributed by atoms with Gasteiger partial charge in [0.05, 0.1) is 13.7 Å². The minimum Gasteiger partial charge on any atom is -0.497 e. The van der Waals surface area contributed by atoms with Gasteiger partial charge in [-0.15, -0.1) is 24.0 Å². The maximum absolute atomic E-state index is 5.29. The Morgan fingerprint density at radius 2 is 1.89 bits per heavy atom. The predicted molar refractivity (Wildman–Crippen MR) is 123 cm³/mol. The van der Waals surface area contributed by atoms with Crippen molar-refractivity contribution in [1.82, 2.24) is 14.8 Å². The highest BCUT2D eigenvalue weighted by atomic mass is 127. The number of hydrogen-bond donors (Lipinski definition) is 1. The number of nitrogens with one attached hydrogen (secondary N) is 1. The summed E-state index contributed by atoms with van der Waals surface area (Å²) in [5, 5.41) is 5.83. The third kappa shape index (κ3) is 5.15. The highest BCUT2D eigenvalue weighted by Crippen LogP contribution is 2.21. The van der Waals surface area contributed by atoms with Crippen LogP contribution in [0.5, 0.6) is 5.75 Å². The van der Waals surface area contributed by atoms with E-state index >= 15 is 0 Å². The summed E-state index contributed by atoms with van der Waals surface area (Å²) in [4.78, 5) is 6.53. The first kappa shape index (κ1) is 21.1. The Kier molecular flexibility index (Phi) is 7.53. The van der Waals surface area contributed by atoms with Gasteiger partial charge in [0.15, 0.2) is 5.96 Å². The van der Waals surface area contributed by atoms with E-state index in [1.807, 2.05) is 13.1 Å². The van der Waals surface area contributed by atoms with E-state index in [2.05, 4.69) is 82.5 Å². The molecule has 2 aromatic carbocycles. The van der Waals surface area contributed by atoms with Gasteiger partial charge >= 0.3 is 0 Å². The molecular weight excluding hydrogens is 451 g/mol. The van der Waals surface area contributed by atoms with E-state index in [-0.39, 0.29) is 24.0 Å². The van der Waals surface area contributed by atoms with Crippen molar-refractivity contribution in [3.05, 3.63) is 66.0 Å². The minimum atomic E-state index is 0. The molecule has 0 fully saturated rings. The van der Waals surface area contributed by atoms with Crippen molar-refractivity contribution in [2.24, 2.45) is 12.0 Å². The Morgan fingerprint density at radius 1 is 1.15 bits per heavy atom. The number of fused-ring (bicyclic) bond motifs is 1. The quantitative estimate of drug-likeness (QED) is 0.343. The molecule has 3 aromatic rings. The van der Waals surface area contributed by atoms with Gasteiger partial charge in [-0.1, -0.05) is 18.2 Å². The van der Waals surface area contributed by atoms with Gasteiger partial charge in [0.1, 0.15) is 5.75 Å². The van der Waals surface area contributed by atoms with Crippen LogP contribution in [0, 0.1) is 0 Å². The second-order valence-electron chi connectivity index (χ2n) is 6.41. The highest BCUT2D eigenvalue weighted by Gasteiger charge is 2.08. The topological polar surface area (TPSA) is 41.8 Å². The Morgan fingerprint density at radius 3 is 2.56 bits per heavy atom. The van der Waals surface area contributed by atoms with Crippen LogP contribution in [-0.4, -0.2) is 36.6 Å². The number of aryl methyl sites for hydroxylation is 1. The van der Waals surface area contributed by atoms with Crippen LogP contribution in [0.15, 0.2) is 59.7 Å². The molecule has 0 aliphatic carbocycles. The molecule has 1 N–H and O–H groups in total. The fourth-order valence-electron chi connectivity index (χ4n) is 3.05. The Labute approximate surface area is 178 Å². The molecule has 0 unspecified atom stereocenters. The van der Waals surface area contributed by atoms with Gasteiger partial charge in [0.25, 0.3) is 0 Å². The summed E-state index contributed by atoms with van der Waals surface area (Å²) >= 11 is 0. The lowest BCUT2D eigenvalue weighted by atomic mass is 10.1. The summed E-state index contributed by atoms with van der Waals surface area (Å²) in [5.74, 6) is 1.76. The molecule has 0 bridgehead atoms. The van der Waals surface area contributed by atoms with Crippen molar-refractivity contribution in [2.75, 3.05) is 21.2 Å². The van der Waals surface area contributed by atoms with Gasteiger partial charge in [-0.25, -0.2) is 0 Å². The van der Waals surface area contributed by atoms with E-state index in [9.17, 15) is 0 Å². The first-order valence-corrected chi connectivity index (χ1v) is 8.69. The smallest absolute Gasteiger partial charge is 0.194 e. The zero-order chi connectivity index (χ0) is 18.5. The molecule has 5 nitrogen and oxygen atoms in total. The van der Waals surface area contributed by atoms with Crippen molar-refractivity contribution in [3.8, 4) is 5.75 Å². The predicted octanol–water partition coefficient (Wildman–Crippen LogP) is 4.01. The summed E-state index contributed by atoms with van der Waals surface area (Å²) in [6.07, 6.45) is 2.06. The van der Waals surface area contributed by atoms with Gasteiger partial charge in [-0.2, -0.15) is 0 Å². The van der Waals surface area contributed by atoms with Crippen LogP contribution in [-0.2, 0) is 20.1 Å². The van der Waals surface area contributed by atoms with Crippen molar-refractivity contribution in [1.29, 1.82) is 0 Å². The van der Waals surface area contributed by atoms with Gasteiger partial charge in [0.2, 0.25) is 0 Å². The SMILES string of the molecule is CN=C(NCc1ccc2cc(OC)ccc2c1)N(C)Cc1cccn1C.I. The number of methoxy groups -OCH3 is 1. The number of guanidine groups is 1. The van der Waals surface area contributed by atoms with Crippen LogP contribution in [0.4, 0.5) is 0 Å². The number of ether oxygens (including phenoxy) is 1.